The SMILES string of the molecule is CN(C)C(=O)Sc1nc(-c2ccccc2)cn1C1CCCCC1. The van der Waals surface area contributed by atoms with Gasteiger partial charge in [-0.25, -0.2) is 4.98 Å². The maximum Gasteiger partial charge on any atom is 0.288 e. The lowest BCUT2D eigenvalue weighted by Gasteiger charge is -2.24. The van der Waals surface area contributed by atoms with Crippen LogP contribution in [0.3, 0.4) is 0 Å². The van der Waals surface area contributed by atoms with Gasteiger partial charge < -0.3 is 9.47 Å². The van der Waals surface area contributed by atoms with Crippen molar-refractivity contribution in [3.05, 3.63) is 36.5 Å². The Hall–Kier alpha value is -1.75. The maximum absolute atomic E-state index is 12.1. The number of thioether (sulfide) groups is 1. The summed E-state index contributed by atoms with van der Waals surface area (Å²) < 4.78 is 2.23. The molecule has 0 spiro atoms. The molecule has 1 amide bonds. The van der Waals surface area contributed by atoms with Crippen molar-refractivity contribution in [2.75, 3.05) is 14.1 Å². The Labute approximate surface area is 141 Å². The molecule has 1 aromatic heterocycles. The highest BCUT2D eigenvalue weighted by molar-refractivity contribution is 8.13. The van der Waals surface area contributed by atoms with Crippen molar-refractivity contribution in [3.8, 4) is 11.3 Å². The average Bonchev–Trinajstić information content (AvgIpc) is 3.00. The molecule has 1 aliphatic rings. The fourth-order valence-electron chi connectivity index (χ4n) is 2.99. The minimum absolute atomic E-state index is 0.0206. The molecule has 4 nitrogen and oxygen atoms in total. The van der Waals surface area contributed by atoms with Crippen molar-refractivity contribution < 1.29 is 4.79 Å². The number of benzene rings is 1. The number of aromatic nitrogens is 2. The van der Waals surface area contributed by atoms with Gasteiger partial charge in [0.2, 0.25) is 0 Å². The van der Waals surface area contributed by atoms with Gasteiger partial charge in [0.05, 0.1) is 5.69 Å². The summed E-state index contributed by atoms with van der Waals surface area (Å²) in [7, 11) is 3.56. The Morgan fingerprint density at radius 3 is 2.52 bits per heavy atom. The first kappa shape index (κ1) is 16.1. The van der Waals surface area contributed by atoms with Crippen LogP contribution in [0.2, 0.25) is 0 Å². The van der Waals surface area contributed by atoms with Gasteiger partial charge >= 0.3 is 0 Å². The lowest BCUT2D eigenvalue weighted by atomic mass is 9.95. The number of imidazole rings is 1. The van der Waals surface area contributed by atoms with Gasteiger partial charge in [0.15, 0.2) is 5.16 Å². The summed E-state index contributed by atoms with van der Waals surface area (Å²) in [6.07, 6.45) is 8.31. The molecule has 1 aromatic carbocycles. The predicted octanol–water partition coefficient (Wildman–Crippen LogP) is 4.83. The summed E-state index contributed by atoms with van der Waals surface area (Å²) in [6, 6.07) is 10.6. The molecule has 1 aliphatic carbocycles. The van der Waals surface area contributed by atoms with Crippen LogP contribution in [0.5, 0.6) is 0 Å². The Balaban J connectivity index is 1.94. The lowest BCUT2D eigenvalue weighted by Crippen LogP contribution is -2.18. The second-order valence-electron chi connectivity index (χ2n) is 6.24. The van der Waals surface area contributed by atoms with Crippen molar-refractivity contribution >= 4 is 17.0 Å². The normalized spacial score (nSPS) is 15.6. The molecule has 0 atom stereocenters. The monoisotopic (exact) mass is 329 g/mol. The zero-order valence-corrected chi connectivity index (χ0v) is 14.6. The van der Waals surface area contributed by atoms with E-state index in [1.807, 2.05) is 18.2 Å². The molecule has 0 N–H and O–H groups in total. The van der Waals surface area contributed by atoms with E-state index in [-0.39, 0.29) is 5.24 Å². The van der Waals surface area contributed by atoms with Gasteiger partial charge in [-0.05, 0) is 12.8 Å². The largest absolute Gasteiger partial charge is 0.339 e. The Morgan fingerprint density at radius 1 is 1.17 bits per heavy atom. The van der Waals surface area contributed by atoms with Crippen molar-refractivity contribution in [1.29, 1.82) is 0 Å². The van der Waals surface area contributed by atoms with Crippen LogP contribution >= 0.6 is 11.8 Å². The molecule has 0 aliphatic heterocycles. The first-order chi connectivity index (χ1) is 11.1. The first-order valence-corrected chi connectivity index (χ1v) is 9.00. The summed E-state index contributed by atoms with van der Waals surface area (Å²) in [5.41, 5.74) is 2.05. The van der Waals surface area contributed by atoms with E-state index in [1.54, 1.807) is 19.0 Å². The van der Waals surface area contributed by atoms with Crippen molar-refractivity contribution in [3.63, 3.8) is 0 Å². The summed E-state index contributed by atoms with van der Waals surface area (Å²) in [5, 5.41) is 0.835. The molecule has 1 heterocycles. The highest BCUT2D eigenvalue weighted by Gasteiger charge is 2.22. The third-order valence-electron chi connectivity index (χ3n) is 4.28. The molecular formula is C18H23N3OS. The maximum atomic E-state index is 12.1. The van der Waals surface area contributed by atoms with E-state index in [0.717, 1.165) is 16.4 Å². The molecule has 0 radical (unpaired) electrons. The summed E-state index contributed by atoms with van der Waals surface area (Å²) in [6.45, 7) is 0. The van der Waals surface area contributed by atoms with Crippen molar-refractivity contribution in [2.45, 2.75) is 43.3 Å². The Morgan fingerprint density at radius 2 is 1.87 bits per heavy atom. The van der Waals surface area contributed by atoms with Crippen LogP contribution in [0.1, 0.15) is 38.1 Å². The second kappa shape index (κ2) is 7.21. The van der Waals surface area contributed by atoms with E-state index in [0.29, 0.717) is 6.04 Å². The van der Waals surface area contributed by atoms with Gasteiger partial charge in [0.25, 0.3) is 5.24 Å². The number of amides is 1. The van der Waals surface area contributed by atoms with E-state index >= 15 is 0 Å². The Kier molecular flexibility index (Phi) is 5.06. The van der Waals surface area contributed by atoms with Crippen LogP contribution in [0.4, 0.5) is 4.79 Å². The standard InChI is InChI=1S/C18H23N3OS/c1-20(2)18(22)23-17-19-16(14-9-5-3-6-10-14)13-21(17)15-11-7-4-8-12-15/h3,5-6,9-10,13,15H,4,7-8,11-12H2,1-2H3. The minimum Gasteiger partial charge on any atom is -0.339 e. The Bertz CT molecular complexity index is 660. The third-order valence-corrected chi connectivity index (χ3v) is 5.30. The van der Waals surface area contributed by atoms with E-state index in [2.05, 4.69) is 22.9 Å². The van der Waals surface area contributed by atoms with Crippen molar-refractivity contribution in [1.82, 2.24) is 14.5 Å². The highest BCUT2D eigenvalue weighted by atomic mass is 32.2. The fraction of sp³-hybridized carbons (Fsp3) is 0.444. The number of carbonyl (C=O) groups is 1. The molecular weight excluding hydrogens is 306 g/mol. The second-order valence-corrected chi connectivity index (χ2v) is 7.15. The van der Waals surface area contributed by atoms with Gasteiger partial charge in [-0.2, -0.15) is 0 Å². The molecule has 2 aromatic rings. The fourth-order valence-corrected chi connectivity index (χ4v) is 3.78. The third kappa shape index (κ3) is 3.78. The zero-order chi connectivity index (χ0) is 16.2. The van der Waals surface area contributed by atoms with E-state index < -0.39 is 0 Å². The van der Waals surface area contributed by atoms with Crippen LogP contribution in [0.15, 0.2) is 41.7 Å². The highest BCUT2D eigenvalue weighted by Crippen LogP contribution is 2.34. The van der Waals surface area contributed by atoms with E-state index in [1.165, 1.54) is 43.9 Å². The van der Waals surface area contributed by atoms with Crippen LogP contribution < -0.4 is 0 Å². The molecule has 5 heteroatoms. The minimum atomic E-state index is 0.0206. The number of hydrogen-bond acceptors (Lipinski definition) is 3. The van der Waals surface area contributed by atoms with Crippen LogP contribution in [0.25, 0.3) is 11.3 Å². The molecule has 122 valence electrons. The topological polar surface area (TPSA) is 38.1 Å². The van der Waals surface area contributed by atoms with Gasteiger partial charge in [-0.15, -0.1) is 0 Å². The molecule has 1 saturated carbocycles. The lowest BCUT2D eigenvalue weighted by molar-refractivity contribution is 0.241. The molecule has 0 bridgehead atoms. The van der Waals surface area contributed by atoms with Gasteiger partial charge in [-0.1, -0.05) is 49.6 Å². The molecule has 0 unspecified atom stereocenters. The zero-order valence-electron chi connectivity index (χ0n) is 13.7. The number of nitrogens with zero attached hydrogens (tertiary/aromatic N) is 3. The molecule has 23 heavy (non-hydrogen) atoms. The summed E-state index contributed by atoms with van der Waals surface area (Å²) in [5.74, 6) is 0. The van der Waals surface area contributed by atoms with Crippen molar-refractivity contribution in [2.24, 2.45) is 0 Å². The van der Waals surface area contributed by atoms with E-state index in [4.69, 9.17) is 4.98 Å². The van der Waals surface area contributed by atoms with Gasteiger partial charge in [0.1, 0.15) is 0 Å². The first-order valence-electron chi connectivity index (χ1n) is 8.18. The predicted molar refractivity (Wildman–Crippen MR) is 94.7 cm³/mol. The molecule has 3 rings (SSSR count). The average molecular weight is 329 g/mol. The van der Waals surface area contributed by atoms with Crippen LogP contribution in [-0.2, 0) is 0 Å². The molecule has 0 saturated heterocycles. The molecule has 1 fully saturated rings. The van der Waals surface area contributed by atoms with Gasteiger partial charge in [-0.3, -0.25) is 4.79 Å². The number of carbonyl (C=O) groups excluding carboxylic acids is 1. The number of rotatable bonds is 3. The smallest absolute Gasteiger partial charge is 0.288 e. The summed E-state index contributed by atoms with van der Waals surface area (Å²) in [4.78, 5) is 18.5. The van der Waals surface area contributed by atoms with E-state index in [9.17, 15) is 4.79 Å². The van der Waals surface area contributed by atoms with Crippen LogP contribution in [-0.4, -0.2) is 33.8 Å². The van der Waals surface area contributed by atoms with Crippen LogP contribution in [0, 0.1) is 0 Å². The van der Waals surface area contributed by atoms with Gasteiger partial charge in [0, 0.05) is 43.7 Å². The quantitative estimate of drug-likeness (QED) is 0.757. The number of hydrogen-bond donors (Lipinski definition) is 0. The summed E-state index contributed by atoms with van der Waals surface area (Å²) >= 11 is 1.23.